The Balaban J connectivity index is 1.85. The van der Waals surface area contributed by atoms with Crippen LogP contribution in [0.1, 0.15) is 42.9 Å². The van der Waals surface area contributed by atoms with Gasteiger partial charge in [0, 0.05) is 26.7 Å². The molecule has 0 aromatic heterocycles. The van der Waals surface area contributed by atoms with E-state index in [4.69, 9.17) is 10.5 Å². The van der Waals surface area contributed by atoms with Gasteiger partial charge in [-0.3, -0.25) is 9.69 Å². The highest BCUT2D eigenvalue weighted by molar-refractivity contribution is 5.90. The molecule has 1 spiro atoms. The van der Waals surface area contributed by atoms with Crippen molar-refractivity contribution in [3.8, 4) is 0 Å². The molecule has 0 aliphatic carbocycles. The molecule has 0 unspecified atom stereocenters. The summed E-state index contributed by atoms with van der Waals surface area (Å²) in [4.78, 5) is 19.8. The summed E-state index contributed by atoms with van der Waals surface area (Å²) in [6.45, 7) is 9.59. The molecule has 2 saturated heterocycles. The second kappa shape index (κ2) is 8.35. The molecule has 2 heterocycles. The van der Waals surface area contributed by atoms with E-state index in [0.717, 1.165) is 63.1 Å². The van der Waals surface area contributed by atoms with E-state index in [1.807, 2.05) is 6.92 Å². The second-order valence-corrected chi connectivity index (χ2v) is 8.23. The van der Waals surface area contributed by atoms with Gasteiger partial charge in [0.25, 0.3) is 0 Å². The number of aliphatic imine (C=N–C) groups is 1. The van der Waals surface area contributed by atoms with Crippen LogP contribution >= 0.6 is 0 Å². The Labute approximate surface area is 168 Å². The molecule has 152 valence electrons. The Morgan fingerprint density at radius 3 is 2.54 bits per heavy atom. The summed E-state index contributed by atoms with van der Waals surface area (Å²) >= 11 is 0. The molecule has 6 nitrogen and oxygen atoms in total. The molecule has 0 bridgehead atoms. The third-order valence-electron chi connectivity index (χ3n) is 6.31. The van der Waals surface area contributed by atoms with Gasteiger partial charge in [0.15, 0.2) is 0 Å². The highest BCUT2D eigenvalue weighted by Gasteiger charge is 2.39. The fourth-order valence-electron chi connectivity index (χ4n) is 3.96. The van der Waals surface area contributed by atoms with Crippen molar-refractivity contribution in [3.63, 3.8) is 0 Å². The van der Waals surface area contributed by atoms with Crippen LogP contribution in [0.5, 0.6) is 0 Å². The summed E-state index contributed by atoms with van der Waals surface area (Å²) in [6, 6.07) is 6.28. The minimum absolute atomic E-state index is 0.304. The summed E-state index contributed by atoms with van der Waals surface area (Å²) in [6.07, 6.45) is 4.03. The average Bonchev–Trinajstić information content (AvgIpc) is 3.15. The number of hydrogen-bond donors (Lipinski definition) is 1. The SMILES string of the molecule is C/C(=C(N)\N=C(/N(C)C=O)N1CCC2(CCOC2)CC1)c1ccc(C)c(C)c1. The summed E-state index contributed by atoms with van der Waals surface area (Å²) in [5, 5.41) is 0. The first-order valence-electron chi connectivity index (χ1n) is 9.99. The molecule has 2 aliphatic rings. The number of piperidine rings is 1. The van der Waals surface area contributed by atoms with Gasteiger partial charge in [-0.1, -0.05) is 18.2 Å². The number of carbonyl (C=O) groups excluding carboxylic acids is 1. The normalized spacial score (nSPS) is 20.3. The first-order chi connectivity index (χ1) is 13.3. The molecule has 1 aromatic rings. The standard InChI is InChI=1S/C22H32N4O2/c1-16-5-6-19(13-17(16)2)18(3)20(23)24-21(25(4)15-27)26-10-7-22(8-11-26)9-12-28-14-22/h5-6,13,15H,7-12,14,23H2,1-4H3/b20-18+,24-21+. The molecule has 2 N–H and O–H groups in total. The minimum atomic E-state index is 0.304. The van der Waals surface area contributed by atoms with Gasteiger partial charge in [0.2, 0.25) is 12.4 Å². The molecule has 0 atom stereocenters. The van der Waals surface area contributed by atoms with Crippen molar-refractivity contribution in [2.75, 3.05) is 33.4 Å². The number of benzene rings is 1. The maximum absolute atomic E-state index is 11.5. The van der Waals surface area contributed by atoms with Crippen molar-refractivity contribution in [2.45, 2.75) is 40.0 Å². The van der Waals surface area contributed by atoms with Crippen molar-refractivity contribution >= 4 is 17.9 Å². The van der Waals surface area contributed by atoms with Crippen molar-refractivity contribution in [2.24, 2.45) is 16.1 Å². The highest BCUT2D eigenvalue weighted by Crippen LogP contribution is 2.39. The molecular formula is C22H32N4O2. The number of rotatable bonds is 3. The third-order valence-corrected chi connectivity index (χ3v) is 6.31. The Kier molecular flexibility index (Phi) is 6.08. The van der Waals surface area contributed by atoms with E-state index in [2.05, 4.69) is 41.9 Å². The maximum atomic E-state index is 11.5. The second-order valence-electron chi connectivity index (χ2n) is 8.23. The van der Waals surface area contributed by atoms with Crippen molar-refractivity contribution in [1.29, 1.82) is 0 Å². The van der Waals surface area contributed by atoms with Gasteiger partial charge >= 0.3 is 0 Å². The maximum Gasteiger partial charge on any atom is 0.216 e. The van der Waals surface area contributed by atoms with Crippen LogP contribution < -0.4 is 5.73 Å². The van der Waals surface area contributed by atoms with Crippen LogP contribution in [0.2, 0.25) is 0 Å². The van der Waals surface area contributed by atoms with Gasteiger partial charge in [-0.15, -0.1) is 0 Å². The summed E-state index contributed by atoms with van der Waals surface area (Å²) in [5.74, 6) is 1.06. The van der Waals surface area contributed by atoms with Crippen LogP contribution in [0.15, 0.2) is 29.0 Å². The number of allylic oxidation sites excluding steroid dienone is 1. The van der Waals surface area contributed by atoms with Gasteiger partial charge < -0.3 is 15.4 Å². The first kappa shape index (κ1) is 20.4. The molecule has 1 amide bonds. The van der Waals surface area contributed by atoms with E-state index >= 15 is 0 Å². The molecule has 1 aromatic carbocycles. The van der Waals surface area contributed by atoms with Crippen LogP contribution in [-0.4, -0.2) is 55.5 Å². The fraction of sp³-hybridized carbons (Fsp3) is 0.545. The zero-order valence-electron chi connectivity index (χ0n) is 17.5. The first-order valence-corrected chi connectivity index (χ1v) is 9.99. The fourth-order valence-corrected chi connectivity index (χ4v) is 3.96. The van der Waals surface area contributed by atoms with Gasteiger partial charge in [0.1, 0.15) is 5.82 Å². The largest absolute Gasteiger partial charge is 0.383 e. The number of aryl methyl sites for hydroxylation is 2. The zero-order chi connectivity index (χ0) is 20.3. The van der Waals surface area contributed by atoms with E-state index in [0.29, 0.717) is 17.2 Å². The van der Waals surface area contributed by atoms with E-state index in [1.54, 1.807) is 7.05 Å². The lowest BCUT2D eigenvalue weighted by molar-refractivity contribution is -0.114. The Hall–Kier alpha value is -2.34. The topological polar surface area (TPSA) is 71.2 Å². The lowest BCUT2D eigenvalue weighted by Crippen LogP contribution is -2.48. The molecule has 2 fully saturated rings. The number of carbonyl (C=O) groups is 1. The van der Waals surface area contributed by atoms with E-state index in [-0.39, 0.29) is 0 Å². The molecule has 0 radical (unpaired) electrons. The van der Waals surface area contributed by atoms with E-state index in [9.17, 15) is 4.79 Å². The Morgan fingerprint density at radius 1 is 1.25 bits per heavy atom. The van der Waals surface area contributed by atoms with Gasteiger partial charge in [-0.25, -0.2) is 0 Å². The molecule has 2 aliphatic heterocycles. The Bertz CT molecular complexity index is 784. The van der Waals surface area contributed by atoms with Gasteiger partial charge in [-0.2, -0.15) is 4.99 Å². The van der Waals surface area contributed by atoms with E-state index < -0.39 is 0 Å². The lowest BCUT2D eigenvalue weighted by atomic mass is 9.78. The van der Waals surface area contributed by atoms with Crippen LogP contribution in [0.3, 0.4) is 0 Å². The highest BCUT2D eigenvalue weighted by atomic mass is 16.5. The number of ether oxygens (including phenoxy) is 1. The predicted molar refractivity (Wildman–Crippen MR) is 113 cm³/mol. The molecule has 0 saturated carbocycles. The molecule has 28 heavy (non-hydrogen) atoms. The van der Waals surface area contributed by atoms with Crippen LogP contribution in [0.25, 0.3) is 5.57 Å². The number of guanidine groups is 1. The molecule has 3 rings (SSSR count). The molecular weight excluding hydrogens is 352 g/mol. The number of amides is 1. The monoisotopic (exact) mass is 384 g/mol. The van der Waals surface area contributed by atoms with Crippen molar-refractivity contribution < 1.29 is 9.53 Å². The van der Waals surface area contributed by atoms with Crippen molar-refractivity contribution in [1.82, 2.24) is 9.80 Å². The Morgan fingerprint density at radius 2 is 1.96 bits per heavy atom. The summed E-state index contributed by atoms with van der Waals surface area (Å²) in [5.41, 5.74) is 11.1. The van der Waals surface area contributed by atoms with Crippen LogP contribution in [-0.2, 0) is 9.53 Å². The summed E-state index contributed by atoms with van der Waals surface area (Å²) in [7, 11) is 1.73. The van der Waals surface area contributed by atoms with Crippen molar-refractivity contribution in [3.05, 3.63) is 40.7 Å². The predicted octanol–water partition coefficient (Wildman–Crippen LogP) is 2.90. The van der Waals surface area contributed by atoms with E-state index in [1.165, 1.54) is 16.0 Å². The van der Waals surface area contributed by atoms with Crippen LogP contribution in [0, 0.1) is 19.3 Å². The minimum Gasteiger partial charge on any atom is -0.383 e. The average molecular weight is 385 g/mol. The quantitative estimate of drug-likeness (QED) is 0.494. The zero-order valence-corrected chi connectivity index (χ0v) is 17.5. The summed E-state index contributed by atoms with van der Waals surface area (Å²) < 4.78 is 5.62. The number of hydrogen-bond acceptors (Lipinski definition) is 4. The molecule has 6 heteroatoms. The third kappa shape index (κ3) is 4.22. The smallest absolute Gasteiger partial charge is 0.216 e. The van der Waals surface area contributed by atoms with Gasteiger partial charge in [-0.05, 0) is 67.7 Å². The van der Waals surface area contributed by atoms with Gasteiger partial charge in [0.05, 0.1) is 6.61 Å². The number of likely N-dealkylation sites (tertiary alicyclic amines) is 1. The number of nitrogens with zero attached hydrogens (tertiary/aromatic N) is 3. The van der Waals surface area contributed by atoms with Crippen LogP contribution in [0.4, 0.5) is 0 Å². The number of nitrogens with two attached hydrogens (primary N) is 1. The lowest BCUT2D eigenvalue weighted by Gasteiger charge is -2.40.